The van der Waals surface area contributed by atoms with E-state index in [1.54, 1.807) is 0 Å². The molecule has 158 valence electrons. The summed E-state index contributed by atoms with van der Waals surface area (Å²) in [5.41, 5.74) is 2.35. The Morgan fingerprint density at radius 3 is 2.52 bits per heavy atom. The number of hydrogen-bond donors (Lipinski definition) is 1. The molecule has 4 rings (SSSR count). The zero-order valence-corrected chi connectivity index (χ0v) is 17.4. The number of amides is 2. The topological polar surface area (TPSA) is 55.9 Å². The highest BCUT2D eigenvalue weighted by Gasteiger charge is 2.27. The second kappa shape index (κ2) is 9.72. The number of rotatable bonds is 5. The average Bonchev–Trinajstić information content (AvgIpc) is 2.78. The molecule has 1 aromatic rings. The second-order valence-corrected chi connectivity index (χ2v) is 8.67. The van der Waals surface area contributed by atoms with E-state index in [1.165, 1.54) is 18.4 Å². The molecule has 0 radical (unpaired) electrons. The van der Waals surface area contributed by atoms with Crippen LogP contribution in [0.1, 0.15) is 37.7 Å². The lowest BCUT2D eigenvalue weighted by molar-refractivity contribution is -0.133. The van der Waals surface area contributed by atoms with E-state index in [0.717, 1.165) is 70.8 Å². The average molecular weight is 399 g/mol. The molecule has 1 N–H and O–H groups in total. The van der Waals surface area contributed by atoms with Crippen molar-refractivity contribution in [2.75, 3.05) is 57.3 Å². The Morgan fingerprint density at radius 1 is 0.966 bits per heavy atom. The fourth-order valence-corrected chi connectivity index (χ4v) is 4.88. The van der Waals surface area contributed by atoms with Gasteiger partial charge in [-0.1, -0.05) is 18.2 Å². The molecule has 3 aliphatic heterocycles. The van der Waals surface area contributed by atoms with Crippen molar-refractivity contribution in [2.45, 2.75) is 38.5 Å². The molecular formula is C23H34N4O2. The number of para-hydroxylation sites is 1. The third-order valence-corrected chi connectivity index (χ3v) is 6.72. The molecule has 2 saturated heterocycles. The number of nitrogens with one attached hydrogen (secondary N) is 1. The zero-order valence-electron chi connectivity index (χ0n) is 17.4. The molecule has 0 aliphatic carbocycles. The van der Waals surface area contributed by atoms with Crippen LogP contribution in [0.3, 0.4) is 0 Å². The molecule has 3 heterocycles. The van der Waals surface area contributed by atoms with Gasteiger partial charge >= 0.3 is 0 Å². The Hall–Kier alpha value is -1.92. The number of carbonyl (C=O) groups excluding carboxylic acids is 2. The summed E-state index contributed by atoms with van der Waals surface area (Å²) in [6.07, 6.45) is 6.17. The molecule has 0 unspecified atom stereocenters. The number of carbonyl (C=O) groups is 2. The first-order valence-corrected chi connectivity index (χ1v) is 11.3. The predicted octanol–water partition coefficient (Wildman–Crippen LogP) is 1.89. The summed E-state index contributed by atoms with van der Waals surface area (Å²) in [6, 6.07) is 8.25. The summed E-state index contributed by atoms with van der Waals surface area (Å²) in [5, 5.41) is 3.38. The molecule has 29 heavy (non-hydrogen) atoms. The van der Waals surface area contributed by atoms with E-state index >= 15 is 0 Å². The van der Waals surface area contributed by atoms with Gasteiger partial charge in [0.2, 0.25) is 11.8 Å². The highest BCUT2D eigenvalue weighted by atomic mass is 16.2. The van der Waals surface area contributed by atoms with Crippen LogP contribution in [-0.2, 0) is 16.0 Å². The monoisotopic (exact) mass is 398 g/mol. The van der Waals surface area contributed by atoms with Crippen LogP contribution >= 0.6 is 0 Å². The van der Waals surface area contributed by atoms with Crippen LogP contribution in [0.5, 0.6) is 0 Å². The molecule has 6 nitrogen and oxygen atoms in total. The Kier molecular flexibility index (Phi) is 6.82. The van der Waals surface area contributed by atoms with Gasteiger partial charge in [-0.05, 0) is 62.7 Å². The predicted molar refractivity (Wildman–Crippen MR) is 115 cm³/mol. The second-order valence-electron chi connectivity index (χ2n) is 8.67. The molecule has 6 heteroatoms. The lowest BCUT2D eigenvalue weighted by atomic mass is 9.93. The van der Waals surface area contributed by atoms with E-state index in [-0.39, 0.29) is 5.91 Å². The van der Waals surface area contributed by atoms with Gasteiger partial charge in [0, 0.05) is 44.8 Å². The van der Waals surface area contributed by atoms with E-state index in [9.17, 15) is 9.59 Å². The lowest BCUT2D eigenvalue weighted by Crippen LogP contribution is -2.52. The number of piperidine rings is 1. The maximum absolute atomic E-state index is 12.9. The minimum atomic E-state index is 0.183. The highest BCUT2D eigenvalue weighted by molar-refractivity contribution is 5.96. The molecule has 2 amide bonds. The number of fused-ring (bicyclic) bond motifs is 1. The molecule has 0 spiro atoms. The summed E-state index contributed by atoms with van der Waals surface area (Å²) in [6.45, 7) is 6.51. The molecule has 0 aromatic heterocycles. The molecule has 0 bridgehead atoms. The number of benzene rings is 1. The smallest absolute Gasteiger partial charge is 0.241 e. The van der Waals surface area contributed by atoms with Crippen molar-refractivity contribution in [3.05, 3.63) is 29.8 Å². The van der Waals surface area contributed by atoms with Gasteiger partial charge in [-0.25, -0.2) is 0 Å². The fraction of sp³-hybridized carbons (Fsp3) is 0.652. The Labute approximate surface area is 174 Å². The van der Waals surface area contributed by atoms with E-state index < -0.39 is 0 Å². The third-order valence-electron chi connectivity index (χ3n) is 6.72. The summed E-state index contributed by atoms with van der Waals surface area (Å²) in [4.78, 5) is 31.6. The highest BCUT2D eigenvalue weighted by Crippen LogP contribution is 2.27. The number of piperazine rings is 1. The van der Waals surface area contributed by atoms with Gasteiger partial charge < -0.3 is 15.1 Å². The number of hydrogen-bond acceptors (Lipinski definition) is 4. The summed E-state index contributed by atoms with van der Waals surface area (Å²) >= 11 is 0. The maximum Gasteiger partial charge on any atom is 0.241 e. The number of aryl methyl sites for hydroxylation is 1. The largest absolute Gasteiger partial charge is 0.340 e. The van der Waals surface area contributed by atoms with Crippen molar-refractivity contribution >= 4 is 17.5 Å². The Morgan fingerprint density at radius 2 is 1.72 bits per heavy atom. The lowest BCUT2D eigenvalue weighted by Gasteiger charge is -2.36. The fourth-order valence-electron chi connectivity index (χ4n) is 4.88. The molecule has 3 aliphatic rings. The first-order chi connectivity index (χ1) is 14.2. The number of nitrogens with zero attached hydrogens (tertiary/aromatic N) is 3. The van der Waals surface area contributed by atoms with Gasteiger partial charge in [0.1, 0.15) is 0 Å². The van der Waals surface area contributed by atoms with Crippen LogP contribution < -0.4 is 10.2 Å². The first-order valence-electron chi connectivity index (χ1n) is 11.3. The number of anilines is 1. The van der Waals surface area contributed by atoms with Gasteiger partial charge in [-0.2, -0.15) is 0 Å². The molecule has 0 saturated carbocycles. The van der Waals surface area contributed by atoms with Crippen molar-refractivity contribution in [2.24, 2.45) is 5.92 Å². The van der Waals surface area contributed by atoms with Crippen molar-refractivity contribution < 1.29 is 9.59 Å². The molecule has 0 atom stereocenters. The summed E-state index contributed by atoms with van der Waals surface area (Å²) in [5.74, 6) is 1.17. The minimum absolute atomic E-state index is 0.183. The van der Waals surface area contributed by atoms with Crippen molar-refractivity contribution in [3.63, 3.8) is 0 Å². The van der Waals surface area contributed by atoms with Crippen LogP contribution in [0.15, 0.2) is 24.3 Å². The third kappa shape index (κ3) is 5.17. The van der Waals surface area contributed by atoms with Crippen molar-refractivity contribution in [1.29, 1.82) is 0 Å². The van der Waals surface area contributed by atoms with Gasteiger partial charge in [0.25, 0.3) is 0 Å². The van der Waals surface area contributed by atoms with Crippen LogP contribution in [0, 0.1) is 5.92 Å². The van der Waals surface area contributed by atoms with Gasteiger partial charge in [-0.15, -0.1) is 0 Å². The zero-order chi connectivity index (χ0) is 20.1. The summed E-state index contributed by atoms with van der Waals surface area (Å²) < 4.78 is 0. The summed E-state index contributed by atoms with van der Waals surface area (Å²) in [7, 11) is 0. The van der Waals surface area contributed by atoms with Gasteiger partial charge in [0.05, 0.1) is 6.54 Å². The maximum atomic E-state index is 12.9. The van der Waals surface area contributed by atoms with Crippen LogP contribution in [0.4, 0.5) is 5.69 Å². The van der Waals surface area contributed by atoms with E-state index in [1.807, 2.05) is 21.9 Å². The van der Waals surface area contributed by atoms with E-state index in [4.69, 9.17) is 0 Å². The van der Waals surface area contributed by atoms with Crippen LogP contribution in [0.25, 0.3) is 0 Å². The van der Waals surface area contributed by atoms with Gasteiger partial charge in [-0.3, -0.25) is 14.5 Å². The van der Waals surface area contributed by atoms with Crippen molar-refractivity contribution in [3.8, 4) is 0 Å². The first kappa shape index (κ1) is 20.4. The normalized spacial score (nSPS) is 21.1. The molecule has 2 fully saturated rings. The van der Waals surface area contributed by atoms with E-state index in [2.05, 4.69) is 22.3 Å². The van der Waals surface area contributed by atoms with Gasteiger partial charge in [0.15, 0.2) is 0 Å². The Balaban J connectivity index is 1.22. The molecular weight excluding hydrogens is 364 g/mol. The van der Waals surface area contributed by atoms with Crippen LogP contribution in [0.2, 0.25) is 0 Å². The van der Waals surface area contributed by atoms with E-state index in [0.29, 0.717) is 24.8 Å². The van der Waals surface area contributed by atoms with Crippen molar-refractivity contribution in [1.82, 2.24) is 15.1 Å². The van der Waals surface area contributed by atoms with Crippen LogP contribution in [-0.4, -0.2) is 74.0 Å². The standard InChI is InChI=1S/C23H34N4O2/c28-22(8-7-19-9-11-24-12-10-19)26-16-14-25(15-17-26)18-23(29)27-13-3-5-20-4-1-2-6-21(20)27/h1-2,4,6,19,24H,3,5,7-18H2. The SMILES string of the molecule is O=C(CCC1CCNCC1)N1CCN(CC(=O)N2CCCc3ccccc32)CC1. The molecule has 1 aromatic carbocycles. The Bertz CT molecular complexity index is 709. The quantitative estimate of drug-likeness (QED) is 0.823. The minimum Gasteiger partial charge on any atom is -0.340 e.